The molecule has 1 atom stereocenters. The number of hydrogen-bond acceptors (Lipinski definition) is 5. The van der Waals surface area contributed by atoms with Gasteiger partial charge in [-0.25, -0.2) is 0 Å². The van der Waals surface area contributed by atoms with E-state index in [9.17, 15) is 8.42 Å². The van der Waals surface area contributed by atoms with Crippen LogP contribution >= 0.6 is 0 Å². The first-order chi connectivity index (χ1) is 9.51. The molecule has 1 aliphatic rings. The van der Waals surface area contributed by atoms with Crippen molar-refractivity contribution in [1.82, 2.24) is 18.6 Å². The molecular formula is C12H20N4O3S. The molecule has 0 N–H and O–H groups in total. The maximum absolute atomic E-state index is 12.3. The molecule has 112 valence electrons. The van der Waals surface area contributed by atoms with E-state index in [-0.39, 0.29) is 6.04 Å². The van der Waals surface area contributed by atoms with Gasteiger partial charge in [0.15, 0.2) is 0 Å². The van der Waals surface area contributed by atoms with Crippen LogP contribution < -0.4 is 0 Å². The lowest BCUT2D eigenvalue weighted by atomic mass is 10.1. The maximum Gasteiger partial charge on any atom is 0.281 e. The molecule has 0 unspecified atom stereocenters. The van der Waals surface area contributed by atoms with Gasteiger partial charge in [0, 0.05) is 45.3 Å². The van der Waals surface area contributed by atoms with Crippen molar-refractivity contribution >= 4 is 10.2 Å². The minimum absolute atomic E-state index is 0.154. The van der Waals surface area contributed by atoms with Gasteiger partial charge in [-0.2, -0.15) is 17.0 Å². The molecule has 7 nitrogen and oxygen atoms in total. The van der Waals surface area contributed by atoms with Crippen LogP contribution in [0.5, 0.6) is 0 Å². The zero-order valence-electron chi connectivity index (χ0n) is 11.8. The summed E-state index contributed by atoms with van der Waals surface area (Å²) in [6.45, 7) is 1.26. The molecule has 0 amide bonds. The Morgan fingerprint density at radius 3 is 2.90 bits per heavy atom. The fraction of sp³-hybridized carbons (Fsp3) is 0.667. The first-order valence-corrected chi connectivity index (χ1v) is 7.93. The summed E-state index contributed by atoms with van der Waals surface area (Å²) in [6, 6.07) is -0.154. The second kappa shape index (κ2) is 6.57. The van der Waals surface area contributed by atoms with Gasteiger partial charge in [-0.3, -0.25) is 9.97 Å². The molecule has 1 aromatic rings. The molecule has 1 aromatic heterocycles. The van der Waals surface area contributed by atoms with Gasteiger partial charge in [0.05, 0.1) is 18.9 Å². The second-order valence-electron chi connectivity index (χ2n) is 4.87. The van der Waals surface area contributed by atoms with Crippen molar-refractivity contribution in [2.45, 2.75) is 18.9 Å². The van der Waals surface area contributed by atoms with E-state index in [0.717, 1.165) is 5.69 Å². The number of rotatable bonds is 5. The largest absolute Gasteiger partial charge is 0.378 e. The zero-order chi connectivity index (χ0) is 14.6. The smallest absolute Gasteiger partial charge is 0.281 e. The van der Waals surface area contributed by atoms with Crippen LogP contribution in [0.1, 0.15) is 12.1 Å². The van der Waals surface area contributed by atoms with Gasteiger partial charge in [-0.1, -0.05) is 0 Å². The number of aryl methyl sites for hydroxylation is 1. The quantitative estimate of drug-likeness (QED) is 0.760. The Bertz CT molecular complexity index is 521. The van der Waals surface area contributed by atoms with Gasteiger partial charge in [0.2, 0.25) is 0 Å². The molecule has 0 aliphatic carbocycles. The van der Waals surface area contributed by atoms with Crippen molar-refractivity contribution in [3.05, 3.63) is 24.3 Å². The summed E-state index contributed by atoms with van der Waals surface area (Å²) >= 11 is 0. The average molecular weight is 300 g/mol. The highest BCUT2D eigenvalue weighted by Gasteiger charge is 2.34. The van der Waals surface area contributed by atoms with Crippen molar-refractivity contribution in [1.29, 1.82) is 0 Å². The minimum Gasteiger partial charge on any atom is -0.378 e. The Hall–Kier alpha value is -1.09. The Morgan fingerprint density at radius 2 is 2.25 bits per heavy atom. The van der Waals surface area contributed by atoms with Gasteiger partial charge < -0.3 is 4.74 Å². The van der Waals surface area contributed by atoms with Crippen LogP contribution in [0, 0.1) is 0 Å². The Balaban J connectivity index is 2.04. The fourth-order valence-electron chi connectivity index (χ4n) is 2.15. The predicted molar refractivity (Wildman–Crippen MR) is 74.3 cm³/mol. The van der Waals surface area contributed by atoms with E-state index in [1.165, 1.54) is 8.61 Å². The van der Waals surface area contributed by atoms with Gasteiger partial charge in [0.1, 0.15) is 0 Å². The van der Waals surface area contributed by atoms with E-state index in [0.29, 0.717) is 32.6 Å². The lowest BCUT2D eigenvalue weighted by Gasteiger charge is -2.36. The van der Waals surface area contributed by atoms with Crippen molar-refractivity contribution in [3.63, 3.8) is 0 Å². The summed E-state index contributed by atoms with van der Waals surface area (Å²) in [5.41, 5.74) is 0.861. The Kier molecular flexibility index (Phi) is 5.03. The highest BCUT2D eigenvalue weighted by Crippen LogP contribution is 2.18. The maximum atomic E-state index is 12.3. The van der Waals surface area contributed by atoms with Crippen LogP contribution in [-0.4, -0.2) is 66.9 Å². The molecule has 2 heterocycles. The molecule has 0 aromatic carbocycles. The molecule has 8 heteroatoms. The third kappa shape index (κ3) is 3.51. The van der Waals surface area contributed by atoms with E-state index in [2.05, 4.69) is 9.97 Å². The van der Waals surface area contributed by atoms with Crippen LogP contribution in [0.2, 0.25) is 0 Å². The minimum atomic E-state index is -3.40. The average Bonchev–Trinajstić information content (AvgIpc) is 2.46. The molecule has 0 bridgehead atoms. The summed E-state index contributed by atoms with van der Waals surface area (Å²) in [6.07, 6.45) is 6.32. The van der Waals surface area contributed by atoms with Crippen molar-refractivity contribution in [2.24, 2.45) is 0 Å². The molecular weight excluding hydrogens is 280 g/mol. The molecule has 1 fully saturated rings. The molecule has 2 rings (SSSR count). The highest BCUT2D eigenvalue weighted by atomic mass is 32.2. The second-order valence-corrected chi connectivity index (χ2v) is 6.96. The molecule has 20 heavy (non-hydrogen) atoms. The summed E-state index contributed by atoms with van der Waals surface area (Å²) in [5, 5.41) is 0. The summed E-state index contributed by atoms with van der Waals surface area (Å²) < 4.78 is 32.7. The fourth-order valence-corrected chi connectivity index (χ4v) is 3.42. The number of morpholine rings is 1. The zero-order valence-corrected chi connectivity index (χ0v) is 12.6. The summed E-state index contributed by atoms with van der Waals surface area (Å²) in [4.78, 5) is 8.21. The standard InChI is InChI=1S/C12H20N4O3S/c1-15(2)20(17,18)16-7-8-19-10-12(16)4-3-11-9-13-5-6-14-11/h5-6,9,12H,3-4,7-8,10H2,1-2H3/t12-/m0/s1. The molecule has 0 radical (unpaired) electrons. The predicted octanol–water partition coefficient (Wildman–Crippen LogP) is -0.0836. The lowest BCUT2D eigenvalue weighted by Crippen LogP contribution is -2.52. The van der Waals surface area contributed by atoms with Crippen molar-refractivity contribution in [3.8, 4) is 0 Å². The van der Waals surface area contributed by atoms with E-state index in [4.69, 9.17) is 4.74 Å². The van der Waals surface area contributed by atoms with Crippen LogP contribution in [0.25, 0.3) is 0 Å². The van der Waals surface area contributed by atoms with E-state index >= 15 is 0 Å². The molecule has 0 saturated carbocycles. The monoisotopic (exact) mass is 300 g/mol. The van der Waals surface area contributed by atoms with Gasteiger partial charge in [-0.05, 0) is 12.8 Å². The first kappa shape index (κ1) is 15.3. The molecule has 0 spiro atoms. The van der Waals surface area contributed by atoms with Crippen LogP contribution in [0.15, 0.2) is 18.6 Å². The van der Waals surface area contributed by atoms with Gasteiger partial charge in [-0.15, -0.1) is 0 Å². The van der Waals surface area contributed by atoms with E-state index in [1.54, 1.807) is 32.7 Å². The number of hydrogen-bond donors (Lipinski definition) is 0. The van der Waals surface area contributed by atoms with Crippen LogP contribution in [0.4, 0.5) is 0 Å². The third-order valence-corrected chi connectivity index (χ3v) is 5.28. The third-order valence-electron chi connectivity index (χ3n) is 3.28. The van der Waals surface area contributed by atoms with E-state index < -0.39 is 10.2 Å². The Morgan fingerprint density at radius 1 is 1.45 bits per heavy atom. The normalized spacial score (nSPS) is 21.2. The van der Waals surface area contributed by atoms with E-state index in [1.807, 2.05) is 0 Å². The number of ether oxygens (including phenoxy) is 1. The first-order valence-electron chi connectivity index (χ1n) is 6.53. The SMILES string of the molecule is CN(C)S(=O)(=O)N1CCOC[C@@H]1CCc1cnccn1. The summed E-state index contributed by atoms with van der Waals surface area (Å²) in [7, 11) is -0.311. The van der Waals surface area contributed by atoms with Gasteiger partial charge in [0.25, 0.3) is 10.2 Å². The summed E-state index contributed by atoms with van der Waals surface area (Å²) in [5.74, 6) is 0. The van der Waals surface area contributed by atoms with Crippen LogP contribution in [-0.2, 0) is 21.4 Å². The van der Waals surface area contributed by atoms with Gasteiger partial charge >= 0.3 is 0 Å². The van der Waals surface area contributed by atoms with Crippen molar-refractivity contribution < 1.29 is 13.2 Å². The number of nitrogens with zero attached hydrogens (tertiary/aromatic N) is 4. The number of aromatic nitrogens is 2. The molecule has 1 saturated heterocycles. The van der Waals surface area contributed by atoms with Crippen molar-refractivity contribution in [2.75, 3.05) is 33.9 Å². The highest BCUT2D eigenvalue weighted by molar-refractivity contribution is 7.86. The topological polar surface area (TPSA) is 75.6 Å². The van der Waals surface area contributed by atoms with Crippen LogP contribution in [0.3, 0.4) is 0 Å². The lowest BCUT2D eigenvalue weighted by molar-refractivity contribution is 0.0276. The molecule has 1 aliphatic heterocycles. The Labute approximate surface area is 119 Å².